The highest BCUT2D eigenvalue weighted by Crippen LogP contribution is 2.37. The Morgan fingerprint density at radius 3 is 2.50 bits per heavy atom. The van der Waals surface area contributed by atoms with Crippen molar-refractivity contribution in [2.45, 2.75) is 63.8 Å². The summed E-state index contributed by atoms with van der Waals surface area (Å²) in [7, 11) is 0. The third kappa shape index (κ3) is 3.88. The molecule has 2 rings (SSSR count). The lowest BCUT2D eigenvalue weighted by Gasteiger charge is -2.50. The van der Waals surface area contributed by atoms with Crippen molar-refractivity contribution < 1.29 is 0 Å². The van der Waals surface area contributed by atoms with Crippen molar-refractivity contribution in [2.75, 3.05) is 25.4 Å². The van der Waals surface area contributed by atoms with Gasteiger partial charge in [0.2, 0.25) is 0 Å². The average Bonchev–Trinajstić information content (AvgIpc) is 2.12. The lowest BCUT2D eigenvalue weighted by molar-refractivity contribution is 0.0547. The Morgan fingerprint density at radius 2 is 2.00 bits per heavy atom. The summed E-state index contributed by atoms with van der Waals surface area (Å²) < 4.78 is 0.454. The Bertz CT molecular complexity index is 283. The zero-order valence-electron chi connectivity index (χ0n) is 12.8. The van der Waals surface area contributed by atoms with E-state index >= 15 is 0 Å². The Kier molecular flexibility index (Phi) is 4.35. The van der Waals surface area contributed by atoms with E-state index in [9.17, 15) is 0 Å². The third-order valence-electron chi connectivity index (χ3n) is 4.20. The Labute approximate surface area is 117 Å². The number of hydrogen-bond acceptors (Lipinski definition) is 3. The first-order valence-electron chi connectivity index (χ1n) is 7.40. The van der Waals surface area contributed by atoms with E-state index in [1.807, 2.05) is 0 Å². The first-order chi connectivity index (χ1) is 8.27. The molecule has 2 fully saturated rings. The molecule has 0 spiro atoms. The van der Waals surface area contributed by atoms with Gasteiger partial charge in [0.15, 0.2) is 0 Å². The van der Waals surface area contributed by atoms with Crippen LogP contribution in [0.1, 0.15) is 47.5 Å². The van der Waals surface area contributed by atoms with Crippen molar-refractivity contribution >= 4 is 11.8 Å². The van der Waals surface area contributed by atoms with Crippen LogP contribution in [-0.4, -0.2) is 46.6 Å². The van der Waals surface area contributed by atoms with Crippen LogP contribution in [0.25, 0.3) is 0 Å². The third-order valence-corrected chi connectivity index (χ3v) is 5.49. The molecule has 0 amide bonds. The molecule has 106 valence electrons. The van der Waals surface area contributed by atoms with Crippen LogP contribution in [0.2, 0.25) is 0 Å². The van der Waals surface area contributed by atoms with E-state index in [2.05, 4.69) is 56.6 Å². The van der Waals surface area contributed by atoms with E-state index in [0.29, 0.717) is 4.75 Å². The SMILES string of the molecule is CC(C)(C)NCC1CCC1N1CCSC(C)(C)C1. The van der Waals surface area contributed by atoms with Crippen molar-refractivity contribution in [3.05, 3.63) is 0 Å². The summed E-state index contributed by atoms with van der Waals surface area (Å²) in [6, 6.07) is 0.847. The summed E-state index contributed by atoms with van der Waals surface area (Å²) in [4.78, 5) is 2.76. The molecule has 2 aliphatic rings. The number of thioether (sulfide) groups is 1. The molecule has 2 nitrogen and oxygen atoms in total. The molecule has 18 heavy (non-hydrogen) atoms. The summed E-state index contributed by atoms with van der Waals surface area (Å²) in [5.41, 5.74) is 0.261. The second-order valence-electron chi connectivity index (χ2n) is 7.61. The van der Waals surface area contributed by atoms with Gasteiger partial charge in [-0.25, -0.2) is 0 Å². The van der Waals surface area contributed by atoms with Crippen LogP contribution in [0.3, 0.4) is 0 Å². The van der Waals surface area contributed by atoms with Crippen LogP contribution in [0.4, 0.5) is 0 Å². The maximum absolute atomic E-state index is 3.68. The van der Waals surface area contributed by atoms with E-state index in [1.54, 1.807) is 0 Å². The van der Waals surface area contributed by atoms with Gasteiger partial charge in [-0.15, -0.1) is 0 Å². The van der Waals surface area contributed by atoms with Crippen molar-refractivity contribution in [2.24, 2.45) is 5.92 Å². The van der Waals surface area contributed by atoms with Gasteiger partial charge in [0.25, 0.3) is 0 Å². The molecular formula is C15H30N2S. The largest absolute Gasteiger partial charge is 0.312 e. The monoisotopic (exact) mass is 270 g/mol. The zero-order chi connectivity index (χ0) is 13.4. The number of nitrogens with zero attached hydrogens (tertiary/aromatic N) is 1. The summed E-state index contributed by atoms with van der Waals surface area (Å²) in [6.45, 7) is 15.3. The molecule has 1 saturated carbocycles. The Morgan fingerprint density at radius 1 is 1.28 bits per heavy atom. The fourth-order valence-electron chi connectivity index (χ4n) is 3.04. The van der Waals surface area contributed by atoms with Crippen LogP contribution in [0.15, 0.2) is 0 Å². The summed E-state index contributed by atoms with van der Waals surface area (Å²) in [5.74, 6) is 2.19. The second kappa shape index (κ2) is 5.34. The second-order valence-corrected chi connectivity index (χ2v) is 9.42. The minimum absolute atomic E-state index is 0.261. The Hall–Kier alpha value is 0.270. The van der Waals surface area contributed by atoms with Gasteiger partial charge in [0.1, 0.15) is 0 Å². The van der Waals surface area contributed by atoms with E-state index < -0.39 is 0 Å². The molecule has 2 unspecified atom stereocenters. The van der Waals surface area contributed by atoms with E-state index in [-0.39, 0.29) is 5.54 Å². The first kappa shape index (κ1) is 14.7. The van der Waals surface area contributed by atoms with Gasteiger partial charge in [-0.05, 0) is 59.9 Å². The normalized spacial score (nSPS) is 33.2. The average molecular weight is 270 g/mol. The molecule has 0 aromatic heterocycles. The van der Waals surface area contributed by atoms with Crippen LogP contribution in [0, 0.1) is 5.92 Å². The lowest BCUT2D eigenvalue weighted by Crippen LogP contribution is -2.57. The zero-order valence-corrected chi connectivity index (χ0v) is 13.6. The molecule has 1 N–H and O–H groups in total. The van der Waals surface area contributed by atoms with Gasteiger partial charge < -0.3 is 5.32 Å². The molecule has 0 aromatic carbocycles. The topological polar surface area (TPSA) is 15.3 Å². The molecule has 1 heterocycles. The van der Waals surface area contributed by atoms with Crippen molar-refractivity contribution in [1.82, 2.24) is 10.2 Å². The molecule has 0 radical (unpaired) electrons. The molecule has 0 bridgehead atoms. The van der Waals surface area contributed by atoms with Gasteiger partial charge in [-0.1, -0.05) is 0 Å². The Balaban J connectivity index is 1.82. The summed E-state index contributed by atoms with van der Waals surface area (Å²) >= 11 is 2.14. The maximum Gasteiger partial charge on any atom is 0.0231 e. The number of nitrogens with one attached hydrogen (secondary N) is 1. The smallest absolute Gasteiger partial charge is 0.0231 e. The van der Waals surface area contributed by atoms with Crippen molar-refractivity contribution in [1.29, 1.82) is 0 Å². The highest BCUT2D eigenvalue weighted by atomic mass is 32.2. The van der Waals surface area contributed by atoms with Crippen LogP contribution in [0.5, 0.6) is 0 Å². The maximum atomic E-state index is 3.68. The van der Waals surface area contributed by atoms with Gasteiger partial charge in [0.05, 0.1) is 0 Å². The molecule has 0 aromatic rings. The van der Waals surface area contributed by atoms with Crippen molar-refractivity contribution in [3.8, 4) is 0 Å². The fraction of sp³-hybridized carbons (Fsp3) is 1.00. The van der Waals surface area contributed by atoms with Gasteiger partial charge in [-0.3, -0.25) is 4.90 Å². The molecule has 1 aliphatic carbocycles. The van der Waals surface area contributed by atoms with E-state index in [4.69, 9.17) is 0 Å². The minimum Gasteiger partial charge on any atom is -0.312 e. The minimum atomic E-state index is 0.261. The standard InChI is InChI=1S/C15H30N2S/c1-14(2,3)16-10-12-6-7-13(12)17-8-9-18-15(4,5)11-17/h12-13,16H,6-11H2,1-5H3. The quantitative estimate of drug-likeness (QED) is 0.849. The van der Waals surface area contributed by atoms with E-state index in [0.717, 1.165) is 12.0 Å². The lowest BCUT2D eigenvalue weighted by atomic mass is 9.77. The summed E-state index contributed by atoms with van der Waals surface area (Å²) in [5, 5.41) is 3.68. The van der Waals surface area contributed by atoms with E-state index in [1.165, 1.54) is 38.2 Å². The summed E-state index contributed by atoms with van der Waals surface area (Å²) in [6.07, 6.45) is 2.83. The van der Waals surface area contributed by atoms with Crippen LogP contribution >= 0.6 is 11.8 Å². The molecule has 2 atom stereocenters. The van der Waals surface area contributed by atoms with Crippen LogP contribution < -0.4 is 5.32 Å². The number of rotatable bonds is 3. The predicted molar refractivity (Wildman–Crippen MR) is 82.4 cm³/mol. The van der Waals surface area contributed by atoms with Crippen molar-refractivity contribution in [3.63, 3.8) is 0 Å². The predicted octanol–water partition coefficient (Wildman–Crippen LogP) is 2.98. The first-order valence-corrected chi connectivity index (χ1v) is 8.38. The molecule has 1 saturated heterocycles. The van der Waals surface area contributed by atoms with Gasteiger partial charge >= 0.3 is 0 Å². The molecule has 3 heteroatoms. The number of hydrogen-bond donors (Lipinski definition) is 1. The van der Waals surface area contributed by atoms with Gasteiger partial charge in [0, 0.05) is 35.2 Å². The molecular weight excluding hydrogens is 240 g/mol. The molecule has 1 aliphatic heterocycles. The highest BCUT2D eigenvalue weighted by Gasteiger charge is 2.39. The van der Waals surface area contributed by atoms with Crippen LogP contribution in [-0.2, 0) is 0 Å². The fourth-order valence-corrected chi connectivity index (χ4v) is 4.18. The van der Waals surface area contributed by atoms with Gasteiger partial charge in [-0.2, -0.15) is 11.8 Å². The highest BCUT2D eigenvalue weighted by molar-refractivity contribution is 8.00.